The van der Waals surface area contributed by atoms with E-state index in [0.29, 0.717) is 34.8 Å². The van der Waals surface area contributed by atoms with Crippen LogP contribution < -0.4 is 19.5 Å². The summed E-state index contributed by atoms with van der Waals surface area (Å²) in [6.07, 6.45) is 0.865. The quantitative estimate of drug-likeness (QED) is 0.773. The Morgan fingerprint density at radius 2 is 2.07 bits per heavy atom. The number of methoxy groups -OCH3 is 1. The van der Waals surface area contributed by atoms with E-state index in [0.717, 1.165) is 23.7 Å². The fourth-order valence-electron chi connectivity index (χ4n) is 3.32. The molecular formula is C20H21ClN2O4S. The topological polar surface area (TPSA) is 60.0 Å². The number of anilines is 1. The molecule has 0 spiro atoms. The molecule has 28 heavy (non-hydrogen) atoms. The van der Waals surface area contributed by atoms with E-state index in [-0.39, 0.29) is 12.8 Å². The Morgan fingerprint density at radius 3 is 2.93 bits per heavy atom. The van der Waals surface area contributed by atoms with E-state index in [9.17, 15) is 4.79 Å². The van der Waals surface area contributed by atoms with Crippen molar-refractivity contribution < 1.29 is 19.0 Å². The lowest BCUT2D eigenvalue weighted by molar-refractivity contribution is 0.174. The first kappa shape index (κ1) is 19.1. The second kappa shape index (κ2) is 8.41. The van der Waals surface area contributed by atoms with Gasteiger partial charge in [0.25, 0.3) is 0 Å². The van der Waals surface area contributed by atoms with Crippen LogP contribution in [-0.4, -0.2) is 43.7 Å². The number of ether oxygens (including phenoxy) is 3. The van der Waals surface area contributed by atoms with Crippen LogP contribution in [-0.2, 0) is 0 Å². The number of urea groups is 1. The fraction of sp³-hybridized carbons (Fsp3) is 0.350. The van der Waals surface area contributed by atoms with Crippen molar-refractivity contribution in [3.63, 3.8) is 0 Å². The normalized spacial score (nSPS) is 18.5. The highest BCUT2D eigenvalue weighted by molar-refractivity contribution is 7.99. The van der Waals surface area contributed by atoms with Crippen LogP contribution in [0.3, 0.4) is 0 Å². The Bertz CT molecular complexity index is 879. The summed E-state index contributed by atoms with van der Waals surface area (Å²) in [6.45, 7) is 1.62. The van der Waals surface area contributed by atoms with Gasteiger partial charge >= 0.3 is 6.03 Å². The molecule has 2 amide bonds. The molecule has 0 aromatic heterocycles. The van der Waals surface area contributed by atoms with Crippen molar-refractivity contribution in [3.8, 4) is 17.2 Å². The summed E-state index contributed by atoms with van der Waals surface area (Å²) in [5, 5.41) is 3.78. The molecule has 148 valence electrons. The highest BCUT2D eigenvalue weighted by atomic mass is 35.5. The summed E-state index contributed by atoms with van der Waals surface area (Å²) in [5.74, 6) is 3.03. The molecule has 6 nitrogen and oxygen atoms in total. The lowest BCUT2D eigenvalue weighted by Gasteiger charge is -2.21. The van der Waals surface area contributed by atoms with Gasteiger partial charge in [0.15, 0.2) is 11.5 Å². The van der Waals surface area contributed by atoms with Crippen molar-refractivity contribution in [2.24, 2.45) is 0 Å². The Morgan fingerprint density at radius 1 is 1.21 bits per heavy atom. The number of amides is 2. The van der Waals surface area contributed by atoms with Gasteiger partial charge in [0.1, 0.15) is 5.75 Å². The van der Waals surface area contributed by atoms with Crippen LogP contribution in [0.2, 0.25) is 5.02 Å². The van der Waals surface area contributed by atoms with Gasteiger partial charge in [0, 0.05) is 29.1 Å². The number of rotatable bonds is 3. The van der Waals surface area contributed by atoms with Crippen molar-refractivity contribution in [2.45, 2.75) is 11.7 Å². The molecule has 2 aliphatic rings. The van der Waals surface area contributed by atoms with Gasteiger partial charge in [-0.1, -0.05) is 17.7 Å². The molecule has 2 aromatic rings. The van der Waals surface area contributed by atoms with Crippen molar-refractivity contribution in [1.82, 2.24) is 4.90 Å². The van der Waals surface area contributed by atoms with Gasteiger partial charge in [-0.25, -0.2) is 4.79 Å². The maximum absolute atomic E-state index is 12.8. The number of benzene rings is 2. The molecule has 8 heteroatoms. The molecule has 1 unspecified atom stereocenters. The SMILES string of the molecule is COc1ccc(Cl)cc1NC(=O)N1CCSC(c2ccc3c(c2)OCO3)CC1. The summed E-state index contributed by atoms with van der Waals surface area (Å²) in [6, 6.07) is 11.1. The van der Waals surface area contributed by atoms with Gasteiger partial charge in [0.05, 0.1) is 12.8 Å². The van der Waals surface area contributed by atoms with Crippen molar-refractivity contribution in [2.75, 3.05) is 38.1 Å². The average molecular weight is 421 g/mol. The molecule has 1 fully saturated rings. The van der Waals surface area contributed by atoms with Gasteiger partial charge in [-0.15, -0.1) is 0 Å². The minimum absolute atomic E-state index is 0.146. The Hall–Kier alpha value is -2.25. The van der Waals surface area contributed by atoms with Gasteiger partial charge in [-0.05, 0) is 42.3 Å². The van der Waals surface area contributed by atoms with E-state index in [2.05, 4.69) is 11.4 Å². The third-order valence-corrected chi connectivity index (χ3v) is 6.36. The van der Waals surface area contributed by atoms with Gasteiger partial charge in [-0.3, -0.25) is 0 Å². The van der Waals surface area contributed by atoms with E-state index < -0.39 is 0 Å². The second-order valence-corrected chi connectivity index (χ2v) is 8.27. The van der Waals surface area contributed by atoms with Crippen molar-refractivity contribution in [3.05, 3.63) is 47.0 Å². The number of hydrogen-bond acceptors (Lipinski definition) is 5. The van der Waals surface area contributed by atoms with E-state index in [4.69, 9.17) is 25.8 Å². The maximum atomic E-state index is 12.8. The van der Waals surface area contributed by atoms with Gasteiger partial charge < -0.3 is 24.4 Å². The van der Waals surface area contributed by atoms with Gasteiger partial charge in [-0.2, -0.15) is 11.8 Å². The number of nitrogens with zero attached hydrogens (tertiary/aromatic N) is 1. The largest absolute Gasteiger partial charge is 0.495 e. The predicted octanol–water partition coefficient (Wildman–Crippen LogP) is 4.79. The zero-order valence-corrected chi connectivity index (χ0v) is 17.0. The highest BCUT2D eigenvalue weighted by Gasteiger charge is 2.24. The molecule has 1 atom stereocenters. The van der Waals surface area contributed by atoms with Crippen LogP contribution in [0, 0.1) is 0 Å². The molecule has 0 radical (unpaired) electrons. The van der Waals surface area contributed by atoms with Gasteiger partial charge in [0.2, 0.25) is 6.79 Å². The van der Waals surface area contributed by atoms with E-state index >= 15 is 0 Å². The summed E-state index contributed by atoms with van der Waals surface area (Å²) in [7, 11) is 1.57. The number of carbonyl (C=O) groups excluding carboxylic acids is 1. The number of thioether (sulfide) groups is 1. The molecule has 4 rings (SSSR count). The second-order valence-electron chi connectivity index (χ2n) is 6.52. The number of fused-ring (bicyclic) bond motifs is 1. The molecule has 2 aliphatic heterocycles. The first-order valence-electron chi connectivity index (χ1n) is 9.04. The minimum atomic E-state index is -0.146. The van der Waals surface area contributed by atoms with Crippen molar-refractivity contribution in [1.29, 1.82) is 0 Å². The molecule has 1 N–H and O–H groups in total. The monoisotopic (exact) mass is 420 g/mol. The minimum Gasteiger partial charge on any atom is -0.495 e. The lowest BCUT2D eigenvalue weighted by atomic mass is 10.1. The zero-order valence-electron chi connectivity index (χ0n) is 15.4. The zero-order chi connectivity index (χ0) is 19.5. The predicted molar refractivity (Wildman–Crippen MR) is 111 cm³/mol. The van der Waals surface area contributed by atoms with Crippen molar-refractivity contribution >= 4 is 35.1 Å². The van der Waals surface area contributed by atoms with E-state index in [1.54, 1.807) is 25.3 Å². The van der Waals surface area contributed by atoms with E-state index in [1.807, 2.05) is 28.8 Å². The molecular weight excluding hydrogens is 400 g/mol. The summed E-state index contributed by atoms with van der Waals surface area (Å²) in [4.78, 5) is 14.6. The summed E-state index contributed by atoms with van der Waals surface area (Å²) in [5.41, 5.74) is 1.78. The fourth-order valence-corrected chi connectivity index (χ4v) is 4.72. The molecule has 1 saturated heterocycles. The molecule has 2 aromatic carbocycles. The number of halogens is 1. The van der Waals surface area contributed by atoms with E-state index in [1.165, 1.54) is 5.56 Å². The Balaban J connectivity index is 1.41. The summed E-state index contributed by atoms with van der Waals surface area (Å²) < 4.78 is 16.2. The number of hydrogen-bond donors (Lipinski definition) is 1. The third kappa shape index (κ3) is 4.10. The molecule has 0 bridgehead atoms. The number of nitrogens with one attached hydrogen (secondary N) is 1. The average Bonchev–Trinajstić information content (AvgIpc) is 3.02. The van der Waals surface area contributed by atoms with Crippen LogP contribution >= 0.6 is 23.4 Å². The lowest BCUT2D eigenvalue weighted by Crippen LogP contribution is -2.36. The Kier molecular flexibility index (Phi) is 5.73. The molecule has 0 saturated carbocycles. The summed E-state index contributed by atoms with van der Waals surface area (Å²) >= 11 is 7.91. The maximum Gasteiger partial charge on any atom is 0.321 e. The van der Waals surface area contributed by atoms with Crippen LogP contribution in [0.15, 0.2) is 36.4 Å². The number of carbonyl (C=O) groups is 1. The molecule has 0 aliphatic carbocycles. The smallest absolute Gasteiger partial charge is 0.321 e. The highest BCUT2D eigenvalue weighted by Crippen LogP contribution is 2.40. The van der Waals surface area contributed by atoms with Crippen LogP contribution in [0.25, 0.3) is 0 Å². The Labute approximate surface area is 173 Å². The first-order chi connectivity index (χ1) is 13.6. The van der Waals surface area contributed by atoms with Crippen LogP contribution in [0.4, 0.5) is 10.5 Å². The van der Waals surface area contributed by atoms with Crippen LogP contribution in [0.1, 0.15) is 17.2 Å². The molecule has 2 heterocycles. The standard InChI is InChI=1S/C20H21ClN2O4S/c1-25-16-5-3-14(21)11-15(16)22-20(24)23-7-6-19(28-9-8-23)13-2-4-17-18(10-13)27-12-26-17/h2-5,10-11,19H,6-9,12H2,1H3,(H,22,24). The van der Waals surface area contributed by atoms with Crippen LogP contribution in [0.5, 0.6) is 17.2 Å². The third-order valence-electron chi connectivity index (χ3n) is 4.80. The first-order valence-corrected chi connectivity index (χ1v) is 10.5.